The summed E-state index contributed by atoms with van der Waals surface area (Å²) >= 11 is 5.92. The minimum Gasteiger partial charge on any atom is -0.481 e. The first-order chi connectivity index (χ1) is 9.13. The van der Waals surface area contributed by atoms with E-state index >= 15 is 0 Å². The van der Waals surface area contributed by atoms with Gasteiger partial charge < -0.3 is 10.1 Å². The van der Waals surface area contributed by atoms with Gasteiger partial charge in [0.05, 0.1) is 7.11 Å². The number of rotatable bonds is 4. The molecular formula is C13H15ClN4O. The summed E-state index contributed by atoms with van der Waals surface area (Å²) in [6, 6.07) is 3.82. The molecule has 2 rings (SSSR count). The van der Waals surface area contributed by atoms with E-state index in [1.54, 1.807) is 13.3 Å². The van der Waals surface area contributed by atoms with Gasteiger partial charge in [-0.2, -0.15) is 0 Å². The first-order valence-corrected chi connectivity index (χ1v) is 6.22. The Balaban J connectivity index is 2.17. The number of hydrogen-bond donors (Lipinski definition) is 1. The molecule has 100 valence electrons. The summed E-state index contributed by atoms with van der Waals surface area (Å²) in [7, 11) is 1.60. The highest BCUT2D eigenvalue weighted by Gasteiger charge is 2.09. The zero-order valence-electron chi connectivity index (χ0n) is 11.1. The van der Waals surface area contributed by atoms with Crippen molar-refractivity contribution < 1.29 is 4.74 Å². The lowest BCUT2D eigenvalue weighted by Crippen LogP contribution is -2.07. The molecule has 2 aromatic rings. The maximum atomic E-state index is 5.92. The second kappa shape index (κ2) is 5.84. The molecule has 0 atom stereocenters. The van der Waals surface area contributed by atoms with Crippen LogP contribution in [-0.2, 0) is 6.54 Å². The van der Waals surface area contributed by atoms with E-state index in [9.17, 15) is 0 Å². The van der Waals surface area contributed by atoms with Gasteiger partial charge in [0, 0.05) is 18.3 Å². The second-order valence-electron chi connectivity index (χ2n) is 4.11. The molecule has 0 unspecified atom stereocenters. The molecule has 0 fully saturated rings. The minimum atomic E-state index is 0.432. The topological polar surface area (TPSA) is 59.9 Å². The molecule has 0 bridgehead atoms. The van der Waals surface area contributed by atoms with E-state index in [-0.39, 0.29) is 0 Å². The van der Waals surface area contributed by atoms with Crippen molar-refractivity contribution >= 4 is 17.4 Å². The summed E-state index contributed by atoms with van der Waals surface area (Å²) < 4.78 is 5.20. The summed E-state index contributed by atoms with van der Waals surface area (Å²) in [6.45, 7) is 4.44. The van der Waals surface area contributed by atoms with Crippen LogP contribution in [0, 0.1) is 13.8 Å². The van der Waals surface area contributed by atoms with Crippen LogP contribution in [0.3, 0.4) is 0 Å². The van der Waals surface area contributed by atoms with Crippen molar-refractivity contribution in [1.82, 2.24) is 15.2 Å². The third kappa shape index (κ3) is 2.93. The van der Waals surface area contributed by atoms with E-state index in [4.69, 9.17) is 16.3 Å². The predicted octanol–water partition coefficient (Wildman–Crippen LogP) is 2.76. The Hall–Kier alpha value is -1.88. The molecule has 0 aliphatic carbocycles. The lowest BCUT2D eigenvalue weighted by Gasteiger charge is -2.11. The number of aromatic nitrogens is 3. The Morgan fingerprint density at radius 3 is 2.79 bits per heavy atom. The van der Waals surface area contributed by atoms with Gasteiger partial charge in [0.1, 0.15) is 0 Å². The Kier molecular flexibility index (Phi) is 4.16. The zero-order chi connectivity index (χ0) is 13.8. The van der Waals surface area contributed by atoms with Gasteiger partial charge in [-0.1, -0.05) is 17.7 Å². The average molecular weight is 279 g/mol. The first-order valence-electron chi connectivity index (χ1n) is 5.84. The molecule has 0 saturated heterocycles. The lowest BCUT2D eigenvalue weighted by molar-refractivity contribution is 0.393. The molecule has 2 heterocycles. The zero-order valence-corrected chi connectivity index (χ0v) is 11.8. The average Bonchev–Trinajstić information content (AvgIpc) is 2.44. The molecule has 2 aromatic heterocycles. The smallest absolute Gasteiger partial charge is 0.218 e. The van der Waals surface area contributed by atoms with Gasteiger partial charge in [0.25, 0.3) is 0 Å². The third-order valence-electron chi connectivity index (χ3n) is 2.95. The Labute approximate surface area is 117 Å². The quantitative estimate of drug-likeness (QED) is 0.932. The van der Waals surface area contributed by atoms with Crippen molar-refractivity contribution in [2.75, 3.05) is 12.4 Å². The van der Waals surface area contributed by atoms with Crippen LogP contribution in [0.5, 0.6) is 5.88 Å². The van der Waals surface area contributed by atoms with E-state index in [0.717, 1.165) is 16.7 Å². The van der Waals surface area contributed by atoms with Crippen molar-refractivity contribution in [3.05, 3.63) is 40.2 Å². The maximum absolute atomic E-state index is 5.92. The van der Waals surface area contributed by atoms with Gasteiger partial charge in [-0.15, -0.1) is 10.2 Å². The summed E-state index contributed by atoms with van der Waals surface area (Å²) in [5, 5.41) is 11.6. The molecule has 0 aromatic carbocycles. The summed E-state index contributed by atoms with van der Waals surface area (Å²) in [5.41, 5.74) is 2.87. The Morgan fingerprint density at radius 2 is 2.05 bits per heavy atom. The SMILES string of the molecule is COc1ncccc1CNc1nnc(Cl)c(C)c1C. The van der Waals surface area contributed by atoms with Crippen LogP contribution < -0.4 is 10.1 Å². The molecule has 0 aliphatic heterocycles. The maximum Gasteiger partial charge on any atom is 0.218 e. The van der Waals surface area contributed by atoms with E-state index in [1.165, 1.54) is 0 Å². The van der Waals surface area contributed by atoms with E-state index in [0.29, 0.717) is 23.4 Å². The number of anilines is 1. The fourth-order valence-corrected chi connectivity index (χ4v) is 1.85. The van der Waals surface area contributed by atoms with Gasteiger partial charge >= 0.3 is 0 Å². The van der Waals surface area contributed by atoms with Gasteiger partial charge in [0.2, 0.25) is 5.88 Å². The van der Waals surface area contributed by atoms with Crippen LogP contribution in [0.15, 0.2) is 18.3 Å². The molecule has 6 heteroatoms. The van der Waals surface area contributed by atoms with Crippen LogP contribution in [0.25, 0.3) is 0 Å². The Morgan fingerprint density at radius 1 is 1.26 bits per heavy atom. The van der Waals surface area contributed by atoms with Crippen LogP contribution in [0.1, 0.15) is 16.7 Å². The molecule has 0 amide bonds. The molecule has 0 spiro atoms. The largest absolute Gasteiger partial charge is 0.481 e. The van der Waals surface area contributed by atoms with Crippen molar-refractivity contribution in [3.8, 4) is 5.88 Å². The highest BCUT2D eigenvalue weighted by Crippen LogP contribution is 2.22. The highest BCUT2D eigenvalue weighted by atomic mass is 35.5. The molecule has 0 radical (unpaired) electrons. The standard InChI is InChI=1S/C13H15ClN4O/c1-8-9(2)12(18-17-11(8)14)16-7-10-5-4-6-15-13(10)19-3/h4-6H,7H2,1-3H3,(H,16,18). The number of methoxy groups -OCH3 is 1. The number of pyridine rings is 1. The third-order valence-corrected chi connectivity index (χ3v) is 3.31. The van der Waals surface area contributed by atoms with Crippen LogP contribution >= 0.6 is 11.6 Å². The number of nitrogens with one attached hydrogen (secondary N) is 1. The summed E-state index contributed by atoms with van der Waals surface area (Å²) in [6.07, 6.45) is 1.69. The predicted molar refractivity (Wildman–Crippen MR) is 74.6 cm³/mol. The van der Waals surface area contributed by atoms with E-state index in [1.807, 2.05) is 26.0 Å². The van der Waals surface area contributed by atoms with Crippen molar-refractivity contribution in [3.63, 3.8) is 0 Å². The summed E-state index contributed by atoms with van der Waals surface area (Å²) in [4.78, 5) is 4.14. The fraction of sp³-hybridized carbons (Fsp3) is 0.308. The molecular weight excluding hydrogens is 264 g/mol. The van der Waals surface area contributed by atoms with Crippen LogP contribution in [-0.4, -0.2) is 22.3 Å². The second-order valence-corrected chi connectivity index (χ2v) is 4.47. The van der Waals surface area contributed by atoms with Gasteiger partial charge in [0.15, 0.2) is 11.0 Å². The molecule has 0 aliphatic rings. The number of nitrogens with zero attached hydrogens (tertiary/aromatic N) is 3. The van der Waals surface area contributed by atoms with Crippen LogP contribution in [0.2, 0.25) is 5.15 Å². The van der Waals surface area contributed by atoms with Crippen molar-refractivity contribution in [2.45, 2.75) is 20.4 Å². The molecule has 19 heavy (non-hydrogen) atoms. The van der Waals surface area contributed by atoms with E-state index in [2.05, 4.69) is 20.5 Å². The van der Waals surface area contributed by atoms with Crippen LogP contribution in [0.4, 0.5) is 5.82 Å². The first kappa shape index (κ1) is 13.5. The molecule has 5 nitrogen and oxygen atoms in total. The lowest BCUT2D eigenvalue weighted by atomic mass is 10.2. The number of ether oxygens (including phenoxy) is 1. The minimum absolute atomic E-state index is 0.432. The number of halogens is 1. The number of hydrogen-bond acceptors (Lipinski definition) is 5. The molecule has 1 N–H and O–H groups in total. The van der Waals surface area contributed by atoms with Crippen molar-refractivity contribution in [2.24, 2.45) is 0 Å². The molecule has 0 saturated carbocycles. The highest BCUT2D eigenvalue weighted by molar-refractivity contribution is 6.30. The normalized spacial score (nSPS) is 10.3. The Bertz CT molecular complexity index is 589. The van der Waals surface area contributed by atoms with Crippen molar-refractivity contribution in [1.29, 1.82) is 0 Å². The van der Waals surface area contributed by atoms with Gasteiger partial charge in [-0.25, -0.2) is 4.98 Å². The monoisotopic (exact) mass is 278 g/mol. The van der Waals surface area contributed by atoms with Gasteiger partial charge in [-0.3, -0.25) is 0 Å². The summed E-state index contributed by atoms with van der Waals surface area (Å²) in [5.74, 6) is 1.32. The fourth-order valence-electron chi connectivity index (χ4n) is 1.67. The van der Waals surface area contributed by atoms with Gasteiger partial charge in [-0.05, 0) is 31.0 Å². The van der Waals surface area contributed by atoms with E-state index < -0.39 is 0 Å².